The molecule has 5 heteroatoms. The van der Waals surface area contributed by atoms with Crippen LogP contribution in [-0.4, -0.2) is 62.7 Å². The normalized spacial score (nSPS) is 14.7. The minimum Gasteiger partial charge on any atom is -0.389 e. The third kappa shape index (κ3) is 12.6. The molecule has 2 atom stereocenters. The summed E-state index contributed by atoms with van der Waals surface area (Å²) >= 11 is 1.90. The van der Waals surface area contributed by atoms with Gasteiger partial charge in [-0.05, 0) is 38.3 Å². The Bertz CT molecular complexity index is 172. The molecule has 0 rings (SSSR count). The van der Waals surface area contributed by atoms with E-state index >= 15 is 0 Å². The summed E-state index contributed by atoms with van der Waals surface area (Å²) in [5.74, 6) is 1.24. The molecule has 110 valence electrons. The van der Waals surface area contributed by atoms with E-state index in [0.717, 1.165) is 6.54 Å². The minimum atomic E-state index is -0.435. The summed E-state index contributed by atoms with van der Waals surface area (Å²) in [6.45, 7) is 4.44. The number of aliphatic hydroxyl groups excluding tert-OH is 1. The first kappa shape index (κ1) is 18.2. The second-order valence-corrected chi connectivity index (χ2v) is 5.50. The van der Waals surface area contributed by atoms with Gasteiger partial charge in [-0.25, -0.2) is 0 Å². The number of nitrogens with one attached hydrogen (secondary N) is 1. The Hall–Kier alpha value is 0.190. The van der Waals surface area contributed by atoms with Gasteiger partial charge >= 0.3 is 0 Å². The summed E-state index contributed by atoms with van der Waals surface area (Å²) < 4.78 is 10.4. The molecule has 0 amide bonds. The van der Waals surface area contributed by atoms with Crippen molar-refractivity contribution in [3.05, 3.63) is 0 Å². The van der Waals surface area contributed by atoms with E-state index in [0.29, 0.717) is 19.8 Å². The molecule has 0 heterocycles. The lowest BCUT2D eigenvalue weighted by atomic mass is 10.2. The lowest BCUT2D eigenvalue weighted by Gasteiger charge is -2.16. The number of rotatable bonds is 13. The molecule has 0 aliphatic heterocycles. The number of aliphatic hydroxyl groups is 1. The van der Waals surface area contributed by atoms with Crippen molar-refractivity contribution in [2.45, 2.75) is 38.4 Å². The third-order valence-electron chi connectivity index (χ3n) is 2.56. The highest BCUT2D eigenvalue weighted by Crippen LogP contribution is 2.01. The fourth-order valence-corrected chi connectivity index (χ4v) is 2.05. The fraction of sp³-hybridized carbons (Fsp3) is 1.00. The second kappa shape index (κ2) is 13.6. The van der Waals surface area contributed by atoms with Crippen LogP contribution in [0.25, 0.3) is 0 Å². The molecule has 0 aromatic carbocycles. The Morgan fingerprint density at radius 2 is 2.00 bits per heavy atom. The van der Waals surface area contributed by atoms with E-state index in [9.17, 15) is 5.11 Å². The highest BCUT2D eigenvalue weighted by Gasteiger charge is 2.07. The first-order chi connectivity index (χ1) is 8.70. The maximum absolute atomic E-state index is 9.68. The monoisotopic (exact) mass is 279 g/mol. The maximum Gasteiger partial charge on any atom is 0.0897 e. The van der Waals surface area contributed by atoms with Crippen molar-refractivity contribution in [3.8, 4) is 0 Å². The molecule has 0 aromatic rings. The van der Waals surface area contributed by atoms with Gasteiger partial charge in [0.2, 0.25) is 0 Å². The number of methoxy groups -OCH3 is 1. The van der Waals surface area contributed by atoms with Crippen LogP contribution in [0.3, 0.4) is 0 Å². The molecule has 2 N–H and O–H groups in total. The van der Waals surface area contributed by atoms with Gasteiger partial charge in [-0.1, -0.05) is 6.42 Å². The van der Waals surface area contributed by atoms with Crippen LogP contribution in [0.1, 0.15) is 26.2 Å². The zero-order valence-electron chi connectivity index (χ0n) is 12.0. The van der Waals surface area contributed by atoms with Gasteiger partial charge in [-0.2, -0.15) is 11.8 Å². The molecule has 0 radical (unpaired) electrons. The summed E-state index contributed by atoms with van der Waals surface area (Å²) in [7, 11) is 1.65. The minimum absolute atomic E-state index is 0.0381. The molecule has 2 unspecified atom stereocenters. The zero-order valence-corrected chi connectivity index (χ0v) is 12.8. The van der Waals surface area contributed by atoms with E-state index in [1.807, 2.05) is 18.7 Å². The van der Waals surface area contributed by atoms with Gasteiger partial charge in [0.05, 0.1) is 25.4 Å². The first-order valence-electron chi connectivity index (χ1n) is 6.69. The predicted octanol–water partition coefficient (Wildman–Crippen LogP) is 1.52. The van der Waals surface area contributed by atoms with Crippen molar-refractivity contribution in [3.63, 3.8) is 0 Å². The fourth-order valence-electron chi connectivity index (χ4n) is 1.56. The Kier molecular flexibility index (Phi) is 13.8. The zero-order chi connectivity index (χ0) is 13.6. The molecule has 0 aliphatic rings. The summed E-state index contributed by atoms with van der Waals surface area (Å²) in [6.07, 6.45) is 5.45. The highest BCUT2D eigenvalue weighted by molar-refractivity contribution is 7.98. The average molecular weight is 279 g/mol. The quantitative estimate of drug-likeness (QED) is 0.501. The van der Waals surface area contributed by atoms with Gasteiger partial charge in [0, 0.05) is 13.7 Å². The van der Waals surface area contributed by atoms with Crippen LogP contribution in [0.2, 0.25) is 0 Å². The molecule has 0 spiro atoms. The predicted molar refractivity (Wildman–Crippen MR) is 78.4 cm³/mol. The van der Waals surface area contributed by atoms with Gasteiger partial charge in [-0.15, -0.1) is 0 Å². The lowest BCUT2D eigenvalue weighted by Crippen LogP contribution is -2.32. The van der Waals surface area contributed by atoms with Crippen LogP contribution < -0.4 is 5.32 Å². The van der Waals surface area contributed by atoms with Crippen molar-refractivity contribution in [1.29, 1.82) is 0 Å². The van der Waals surface area contributed by atoms with Gasteiger partial charge < -0.3 is 19.9 Å². The number of thioether (sulfide) groups is 1. The SMILES string of the molecule is COCC(C)OCC(O)CNCCCCCSC. The molecule has 0 aliphatic carbocycles. The van der Waals surface area contributed by atoms with Crippen LogP contribution in [0.5, 0.6) is 0 Å². The molecule has 0 saturated carbocycles. The molecule has 0 fully saturated rings. The molecular weight excluding hydrogens is 250 g/mol. The number of hydrogen-bond acceptors (Lipinski definition) is 5. The molecule has 0 aromatic heterocycles. The molecule has 0 saturated heterocycles. The third-order valence-corrected chi connectivity index (χ3v) is 3.25. The molecular formula is C13H29NO3S. The summed E-state index contributed by atoms with van der Waals surface area (Å²) in [5, 5.41) is 12.9. The van der Waals surface area contributed by atoms with E-state index in [1.54, 1.807) is 7.11 Å². The van der Waals surface area contributed by atoms with E-state index in [1.165, 1.54) is 25.0 Å². The van der Waals surface area contributed by atoms with Gasteiger partial charge in [0.1, 0.15) is 0 Å². The Morgan fingerprint density at radius 3 is 2.67 bits per heavy atom. The van der Waals surface area contributed by atoms with Crippen LogP contribution in [-0.2, 0) is 9.47 Å². The van der Waals surface area contributed by atoms with Gasteiger partial charge in [-0.3, -0.25) is 0 Å². The summed E-state index contributed by atoms with van der Waals surface area (Å²) in [5.41, 5.74) is 0. The number of hydrogen-bond donors (Lipinski definition) is 2. The Labute approximate surface area is 116 Å². The van der Waals surface area contributed by atoms with Crippen LogP contribution in [0, 0.1) is 0 Å². The van der Waals surface area contributed by atoms with Crippen molar-refractivity contribution in [2.24, 2.45) is 0 Å². The van der Waals surface area contributed by atoms with Gasteiger partial charge in [0.25, 0.3) is 0 Å². The summed E-state index contributed by atoms with van der Waals surface area (Å²) in [4.78, 5) is 0. The first-order valence-corrected chi connectivity index (χ1v) is 8.08. The van der Waals surface area contributed by atoms with Crippen LogP contribution >= 0.6 is 11.8 Å². The van der Waals surface area contributed by atoms with E-state index in [-0.39, 0.29) is 6.10 Å². The van der Waals surface area contributed by atoms with E-state index < -0.39 is 6.10 Å². The van der Waals surface area contributed by atoms with Crippen molar-refractivity contribution >= 4 is 11.8 Å². The average Bonchev–Trinajstić information content (AvgIpc) is 2.35. The van der Waals surface area contributed by atoms with E-state index in [4.69, 9.17) is 9.47 Å². The van der Waals surface area contributed by atoms with E-state index in [2.05, 4.69) is 11.6 Å². The van der Waals surface area contributed by atoms with Crippen LogP contribution in [0.15, 0.2) is 0 Å². The number of ether oxygens (including phenoxy) is 2. The molecule has 0 bridgehead atoms. The van der Waals surface area contributed by atoms with Crippen molar-refractivity contribution in [1.82, 2.24) is 5.32 Å². The maximum atomic E-state index is 9.68. The van der Waals surface area contributed by atoms with Crippen molar-refractivity contribution in [2.75, 3.05) is 45.4 Å². The number of unbranched alkanes of at least 4 members (excludes halogenated alkanes) is 2. The molecule has 18 heavy (non-hydrogen) atoms. The largest absolute Gasteiger partial charge is 0.389 e. The second-order valence-electron chi connectivity index (χ2n) is 4.51. The summed E-state index contributed by atoms with van der Waals surface area (Å²) in [6, 6.07) is 0. The topological polar surface area (TPSA) is 50.7 Å². The highest BCUT2D eigenvalue weighted by atomic mass is 32.2. The Morgan fingerprint density at radius 1 is 1.22 bits per heavy atom. The smallest absolute Gasteiger partial charge is 0.0897 e. The van der Waals surface area contributed by atoms with Crippen molar-refractivity contribution < 1.29 is 14.6 Å². The van der Waals surface area contributed by atoms with Crippen LogP contribution in [0.4, 0.5) is 0 Å². The Balaban J connectivity index is 3.23. The van der Waals surface area contributed by atoms with Gasteiger partial charge in [0.15, 0.2) is 0 Å². The standard InChI is InChI=1S/C13H29NO3S/c1-12(10-16-2)17-11-13(15)9-14-7-5-4-6-8-18-3/h12-15H,4-11H2,1-3H3. The lowest BCUT2D eigenvalue weighted by molar-refractivity contribution is -0.0310. The molecule has 4 nitrogen and oxygen atoms in total.